The molecule has 0 aliphatic rings. The van der Waals surface area contributed by atoms with Crippen molar-refractivity contribution < 1.29 is 28.5 Å². The molecule has 3 rings (SSSR count). The maximum Gasteiger partial charge on any atom is 0.364 e. The van der Waals surface area contributed by atoms with E-state index in [9.17, 15) is 14.4 Å². The SMILES string of the molecule is COCCOCCOC(=O)c1nn(-c2cc(C)c(Oc3ccc(OC)c(Br)c3)c(C)c2)c(=O)[nH]c1=O. The average molecular weight is 564 g/mol. The highest BCUT2D eigenvalue weighted by atomic mass is 79.9. The smallest absolute Gasteiger partial charge is 0.364 e. The van der Waals surface area contributed by atoms with Gasteiger partial charge in [0, 0.05) is 7.11 Å². The van der Waals surface area contributed by atoms with E-state index in [1.54, 1.807) is 58.4 Å². The van der Waals surface area contributed by atoms with Crippen LogP contribution in [0.25, 0.3) is 5.69 Å². The Morgan fingerprint density at radius 3 is 2.36 bits per heavy atom. The van der Waals surface area contributed by atoms with E-state index in [1.165, 1.54) is 0 Å². The summed E-state index contributed by atoms with van der Waals surface area (Å²) in [6.45, 7) is 4.39. The van der Waals surface area contributed by atoms with Crippen LogP contribution in [-0.4, -0.2) is 61.4 Å². The summed E-state index contributed by atoms with van der Waals surface area (Å²) in [5.74, 6) is 0.861. The molecule has 0 aliphatic carbocycles. The normalized spacial score (nSPS) is 10.8. The number of carbonyl (C=O) groups excluding carboxylic acids is 1. The van der Waals surface area contributed by atoms with Crippen molar-refractivity contribution in [1.29, 1.82) is 0 Å². The third-order valence-corrected chi connectivity index (χ3v) is 5.57. The lowest BCUT2D eigenvalue weighted by molar-refractivity contribution is 0.0206. The van der Waals surface area contributed by atoms with E-state index in [2.05, 4.69) is 26.0 Å². The van der Waals surface area contributed by atoms with E-state index >= 15 is 0 Å². The van der Waals surface area contributed by atoms with E-state index < -0.39 is 22.9 Å². The van der Waals surface area contributed by atoms with Gasteiger partial charge in [0.15, 0.2) is 0 Å². The number of H-pyrrole nitrogens is 1. The summed E-state index contributed by atoms with van der Waals surface area (Å²) in [5.41, 5.74) is -0.550. The van der Waals surface area contributed by atoms with Gasteiger partial charge in [0.25, 0.3) is 5.56 Å². The van der Waals surface area contributed by atoms with Crippen LogP contribution in [-0.2, 0) is 14.2 Å². The van der Waals surface area contributed by atoms with Crippen LogP contribution >= 0.6 is 15.9 Å². The van der Waals surface area contributed by atoms with E-state index in [0.717, 1.165) is 9.15 Å². The highest BCUT2D eigenvalue weighted by molar-refractivity contribution is 9.10. The molecule has 0 saturated carbocycles. The van der Waals surface area contributed by atoms with Crippen LogP contribution in [0.2, 0.25) is 0 Å². The largest absolute Gasteiger partial charge is 0.496 e. The molecule has 0 spiro atoms. The van der Waals surface area contributed by atoms with Crippen molar-refractivity contribution in [2.75, 3.05) is 40.6 Å². The molecular weight excluding hydrogens is 538 g/mol. The molecule has 36 heavy (non-hydrogen) atoms. The van der Waals surface area contributed by atoms with Gasteiger partial charge in [-0.05, 0) is 71.2 Å². The standard InChI is InChI=1S/C24H26BrN3O8/c1-14-11-16(12-15(2)21(14)36-17-5-6-19(33-4)18(25)13-17)28-24(31)26-22(29)20(27-28)23(30)35-10-9-34-8-7-32-3/h5-6,11-13H,7-10H2,1-4H3,(H,26,29,31). The van der Waals surface area contributed by atoms with Crippen molar-refractivity contribution in [2.45, 2.75) is 13.8 Å². The molecule has 192 valence electrons. The Morgan fingerprint density at radius 2 is 1.72 bits per heavy atom. The number of aromatic amines is 1. The van der Waals surface area contributed by atoms with E-state index in [0.29, 0.717) is 47.3 Å². The highest BCUT2D eigenvalue weighted by Gasteiger charge is 2.19. The summed E-state index contributed by atoms with van der Waals surface area (Å²) in [6, 6.07) is 8.64. The number of hydrogen-bond acceptors (Lipinski definition) is 9. The van der Waals surface area contributed by atoms with Crippen molar-refractivity contribution in [3.8, 4) is 22.9 Å². The lowest BCUT2D eigenvalue weighted by atomic mass is 10.1. The number of nitrogens with one attached hydrogen (secondary N) is 1. The number of aryl methyl sites for hydroxylation is 2. The van der Waals surface area contributed by atoms with Gasteiger partial charge in [0.05, 0.1) is 37.1 Å². The Bertz CT molecular complexity index is 1330. The number of halogens is 1. The fraction of sp³-hybridized carbons (Fsp3) is 0.333. The number of aromatic nitrogens is 3. The monoisotopic (exact) mass is 563 g/mol. The second-order valence-electron chi connectivity index (χ2n) is 7.57. The number of carbonyl (C=O) groups is 1. The number of benzene rings is 2. The first-order chi connectivity index (χ1) is 17.2. The van der Waals surface area contributed by atoms with Crippen LogP contribution in [0.3, 0.4) is 0 Å². The van der Waals surface area contributed by atoms with Crippen molar-refractivity contribution >= 4 is 21.9 Å². The molecule has 1 aromatic heterocycles. The topological polar surface area (TPSA) is 131 Å². The minimum Gasteiger partial charge on any atom is -0.496 e. The molecule has 0 amide bonds. The molecule has 0 fully saturated rings. The Morgan fingerprint density at radius 1 is 1.03 bits per heavy atom. The zero-order valence-electron chi connectivity index (χ0n) is 20.3. The third kappa shape index (κ3) is 6.59. The summed E-state index contributed by atoms with van der Waals surface area (Å²) in [5, 5.41) is 3.96. The summed E-state index contributed by atoms with van der Waals surface area (Å²) in [4.78, 5) is 39.2. The minimum absolute atomic E-state index is 0.0888. The first-order valence-electron chi connectivity index (χ1n) is 10.9. The quantitative estimate of drug-likeness (QED) is 0.276. The van der Waals surface area contributed by atoms with Gasteiger partial charge in [-0.25, -0.2) is 9.59 Å². The van der Waals surface area contributed by atoms with Crippen LogP contribution in [0, 0.1) is 13.8 Å². The molecule has 0 atom stereocenters. The van der Waals surface area contributed by atoms with Gasteiger partial charge in [-0.1, -0.05) is 0 Å². The number of hydrogen-bond donors (Lipinski definition) is 1. The molecule has 0 aliphatic heterocycles. The minimum atomic E-state index is -0.973. The molecule has 0 radical (unpaired) electrons. The highest BCUT2D eigenvalue weighted by Crippen LogP contribution is 2.34. The molecule has 11 nitrogen and oxygen atoms in total. The second-order valence-corrected chi connectivity index (χ2v) is 8.42. The first kappa shape index (κ1) is 27.1. The first-order valence-corrected chi connectivity index (χ1v) is 11.6. The van der Waals surface area contributed by atoms with Gasteiger partial charge >= 0.3 is 11.7 Å². The fourth-order valence-electron chi connectivity index (χ4n) is 3.25. The fourth-order valence-corrected chi connectivity index (χ4v) is 3.77. The van der Waals surface area contributed by atoms with Crippen LogP contribution in [0.1, 0.15) is 21.6 Å². The number of esters is 1. The molecule has 1 heterocycles. The zero-order valence-corrected chi connectivity index (χ0v) is 21.8. The maximum absolute atomic E-state index is 12.5. The lowest BCUT2D eigenvalue weighted by Gasteiger charge is -2.15. The molecule has 0 unspecified atom stereocenters. The number of nitrogens with zero attached hydrogens (tertiary/aromatic N) is 2. The summed E-state index contributed by atoms with van der Waals surface area (Å²) >= 11 is 3.43. The molecule has 0 bridgehead atoms. The second kappa shape index (κ2) is 12.5. The van der Waals surface area contributed by atoms with Gasteiger partial charge in [0.2, 0.25) is 5.69 Å². The van der Waals surface area contributed by atoms with Crippen LogP contribution in [0.15, 0.2) is 44.4 Å². The van der Waals surface area contributed by atoms with E-state index in [-0.39, 0.29) is 13.2 Å². The maximum atomic E-state index is 12.5. The number of ether oxygens (including phenoxy) is 5. The molecule has 2 aromatic carbocycles. The summed E-state index contributed by atoms with van der Waals surface area (Å²) in [6.07, 6.45) is 0. The molecule has 1 N–H and O–H groups in total. The molecule has 3 aromatic rings. The van der Waals surface area contributed by atoms with Gasteiger partial charge in [-0.3, -0.25) is 9.78 Å². The zero-order chi connectivity index (χ0) is 26.2. The molecule has 12 heteroatoms. The number of methoxy groups -OCH3 is 2. The van der Waals surface area contributed by atoms with Crippen LogP contribution in [0.5, 0.6) is 17.2 Å². The van der Waals surface area contributed by atoms with Crippen molar-refractivity contribution in [1.82, 2.24) is 14.8 Å². The Kier molecular flexibility index (Phi) is 9.39. The average Bonchev–Trinajstić information content (AvgIpc) is 2.83. The Balaban J connectivity index is 1.83. The lowest BCUT2D eigenvalue weighted by Crippen LogP contribution is -2.36. The predicted octanol–water partition coefficient (Wildman–Crippen LogP) is 2.92. The van der Waals surface area contributed by atoms with Gasteiger partial charge in [0.1, 0.15) is 23.9 Å². The Hall–Kier alpha value is -3.48. The van der Waals surface area contributed by atoms with Crippen molar-refractivity contribution in [3.05, 3.63) is 72.5 Å². The summed E-state index contributed by atoms with van der Waals surface area (Å²) in [7, 11) is 3.12. The van der Waals surface area contributed by atoms with Gasteiger partial charge in [-0.2, -0.15) is 9.78 Å². The molecular formula is C24H26BrN3O8. The Labute approximate surface area is 215 Å². The van der Waals surface area contributed by atoms with Gasteiger partial charge < -0.3 is 23.7 Å². The summed E-state index contributed by atoms with van der Waals surface area (Å²) < 4.78 is 28.1. The van der Waals surface area contributed by atoms with Crippen molar-refractivity contribution in [3.63, 3.8) is 0 Å². The van der Waals surface area contributed by atoms with E-state index in [1.807, 2.05) is 0 Å². The van der Waals surface area contributed by atoms with Gasteiger partial charge in [-0.15, -0.1) is 0 Å². The number of rotatable bonds is 11. The van der Waals surface area contributed by atoms with Crippen LogP contribution in [0.4, 0.5) is 0 Å². The van der Waals surface area contributed by atoms with Crippen molar-refractivity contribution in [2.24, 2.45) is 0 Å². The third-order valence-electron chi connectivity index (χ3n) is 4.95. The van der Waals surface area contributed by atoms with Crippen LogP contribution < -0.4 is 20.7 Å². The molecule has 0 saturated heterocycles. The van der Waals surface area contributed by atoms with E-state index in [4.69, 9.17) is 23.7 Å². The predicted molar refractivity (Wildman–Crippen MR) is 134 cm³/mol.